The SMILES string of the molecule is COc1ccccc1[C@H]1CN(C(=O)CO)CCN1C(C)=O. The van der Waals surface area contributed by atoms with Crippen molar-refractivity contribution < 1.29 is 19.4 Å². The molecule has 0 saturated carbocycles. The molecule has 1 heterocycles. The second-order valence-corrected chi connectivity index (χ2v) is 4.97. The van der Waals surface area contributed by atoms with Gasteiger partial charge in [0.25, 0.3) is 0 Å². The Bertz CT molecular complexity index is 532. The first-order valence-electron chi connectivity index (χ1n) is 6.87. The monoisotopic (exact) mass is 292 g/mol. The molecule has 0 bridgehead atoms. The van der Waals surface area contributed by atoms with Crippen molar-refractivity contribution in [3.05, 3.63) is 29.8 Å². The molecule has 0 aromatic heterocycles. The number of hydrogen-bond donors (Lipinski definition) is 1. The van der Waals surface area contributed by atoms with Crippen molar-refractivity contribution in [2.24, 2.45) is 0 Å². The summed E-state index contributed by atoms with van der Waals surface area (Å²) in [5.74, 6) is 0.326. The lowest BCUT2D eigenvalue weighted by Crippen LogP contribution is -2.52. The van der Waals surface area contributed by atoms with Crippen LogP contribution in [0.5, 0.6) is 5.75 Å². The van der Waals surface area contributed by atoms with Gasteiger partial charge in [-0.3, -0.25) is 9.59 Å². The van der Waals surface area contributed by atoms with E-state index in [9.17, 15) is 9.59 Å². The van der Waals surface area contributed by atoms with Gasteiger partial charge in [-0.2, -0.15) is 0 Å². The summed E-state index contributed by atoms with van der Waals surface area (Å²) in [6.07, 6.45) is 0. The second-order valence-electron chi connectivity index (χ2n) is 4.97. The topological polar surface area (TPSA) is 70.1 Å². The zero-order valence-electron chi connectivity index (χ0n) is 12.3. The number of aliphatic hydroxyl groups is 1. The van der Waals surface area contributed by atoms with Crippen molar-refractivity contribution in [3.63, 3.8) is 0 Å². The molecule has 21 heavy (non-hydrogen) atoms. The number of aliphatic hydroxyl groups excluding tert-OH is 1. The van der Waals surface area contributed by atoms with E-state index in [4.69, 9.17) is 9.84 Å². The smallest absolute Gasteiger partial charge is 0.248 e. The molecule has 1 aliphatic rings. The summed E-state index contributed by atoms with van der Waals surface area (Å²) in [7, 11) is 1.58. The van der Waals surface area contributed by atoms with Crippen LogP contribution in [-0.4, -0.2) is 60.1 Å². The highest BCUT2D eigenvalue weighted by Gasteiger charge is 2.33. The van der Waals surface area contributed by atoms with E-state index >= 15 is 0 Å². The number of ether oxygens (including phenoxy) is 1. The summed E-state index contributed by atoms with van der Waals surface area (Å²) in [5.41, 5.74) is 0.866. The quantitative estimate of drug-likeness (QED) is 0.876. The molecule has 0 unspecified atom stereocenters. The van der Waals surface area contributed by atoms with Crippen molar-refractivity contribution in [1.82, 2.24) is 9.80 Å². The van der Waals surface area contributed by atoms with Crippen LogP contribution >= 0.6 is 0 Å². The van der Waals surface area contributed by atoms with Gasteiger partial charge in [0.15, 0.2) is 0 Å². The maximum Gasteiger partial charge on any atom is 0.248 e. The molecular weight excluding hydrogens is 272 g/mol. The molecule has 1 fully saturated rings. The molecule has 6 heteroatoms. The van der Waals surface area contributed by atoms with Gasteiger partial charge >= 0.3 is 0 Å². The highest BCUT2D eigenvalue weighted by Crippen LogP contribution is 2.32. The van der Waals surface area contributed by atoms with Crippen LogP contribution in [0.25, 0.3) is 0 Å². The fourth-order valence-corrected chi connectivity index (χ4v) is 2.69. The Kier molecular flexibility index (Phi) is 4.80. The number of benzene rings is 1. The Hall–Kier alpha value is -2.08. The fourth-order valence-electron chi connectivity index (χ4n) is 2.69. The van der Waals surface area contributed by atoms with Crippen LogP contribution in [0.15, 0.2) is 24.3 Å². The Balaban J connectivity index is 2.33. The summed E-state index contributed by atoms with van der Waals surface area (Å²) < 4.78 is 5.36. The lowest BCUT2D eigenvalue weighted by molar-refractivity contribution is -0.143. The number of amides is 2. The molecule has 2 rings (SSSR count). The highest BCUT2D eigenvalue weighted by atomic mass is 16.5. The molecule has 2 amide bonds. The third-order valence-corrected chi connectivity index (χ3v) is 3.77. The van der Waals surface area contributed by atoms with E-state index in [-0.39, 0.29) is 17.9 Å². The minimum absolute atomic E-state index is 0.0398. The van der Waals surface area contributed by atoms with Gasteiger partial charge in [-0.25, -0.2) is 0 Å². The molecule has 1 aromatic carbocycles. The average Bonchev–Trinajstić information content (AvgIpc) is 2.53. The van der Waals surface area contributed by atoms with E-state index in [1.54, 1.807) is 16.9 Å². The zero-order valence-corrected chi connectivity index (χ0v) is 12.3. The summed E-state index contributed by atoms with van der Waals surface area (Å²) in [4.78, 5) is 26.9. The minimum Gasteiger partial charge on any atom is -0.496 e. The molecule has 1 aromatic rings. The van der Waals surface area contributed by atoms with E-state index in [0.717, 1.165) is 5.56 Å². The van der Waals surface area contributed by atoms with Crippen molar-refractivity contribution in [2.45, 2.75) is 13.0 Å². The molecule has 114 valence electrons. The lowest BCUT2D eigenvalue weighted by atomic mass is 10.0. The molecule has 1 atom stereocenters. The maximum atomic E-state index is 11.9. The van der Waals surface area contributed by atoms with E-state index in [0.29, 0.717) is 25.4 Å². The predicted octanol–water partition coefficient (Wildman–Crippen LogP) is 0.419. The number of methoxy groups -OCH3 is 1. The second kappa shape index (κ2) is 6.58. The van der Waals surface area contributed by atoms with Crippen LogP contribution in [0.1, 0.15) is 18.5 Å². The first kappa shape index (κ1) is 15.3. The van der Waals surface area contributed by atoms with Crippen molar-refractivity contribution in [1.29, 1.82) is 0 Å². The van der Waals surface area contributed by atoms with Crippen LogP contribution < -0.4 is 4.74 Å². The van der Waals surface area contributed by atoms with Crippen LogP contribution in [0.2, 0.25) is 0 Å². The summed E-state index contributed by atoms with van der Waals surface area (Å²) in [6.45, 7) is 2.25. The summed E-state index contributed by atoms with van der Waals surface area (Å²) in [5, 5.41) is 9.02. The molecular formula is C15H20N2O4. The van der Waals surface area contributed by atoms with Gasteiger partial charge in [-0.05, 0) is 6.07 Å². The fraction of sp³-hybridized carbons (Fsp3) is 0.467. The Morgan fingerprint density at radius 2 is 2.05 bits per heavy atom. The van der Waals surface area contributed by atoms with E-state index in [2.05, 4.69) is 0 Å². The number of para-hydroxylation sites is 1. The number of carbonyl (C=O) groups is 2. The predicted molar refractivity (Wildman–Crippen MR) is 76.8 cm³/mol. The Labute approximate surface area is 123 Å². The van der Waals surface area contributed by atoms with Gasteiger partial charge in [-0.1, -0.05) is 18.2 Å². The number of nitrogens with zero attached hydrogens (tertiary/aromatic N) is 2. The first-order chi connectivity index (χ1) is 10.1. The van der Waals surface area contributed by atoms with Gasteiger partial charge in [-0.15, -0.1) is 0 Å². The standard InChI is InChI=1S/C15H20N2O4/c1-11(19)17-8-7-16(15(20)10-18)9-13(17)12-5-3-4-6-14(12)21-2/h3-6,13,18H,7-10H2,1-2H3/t13-/m1/s1. The van der Waals surface area contributed by atoms with Gasteiger partial charge in [0, 0.05) is 32.1 Å². The maximum absolute atomic E-state index is 11.9. The molecule has 1 aliphatic heterocycles. The van der Waals surface area contributed by atoms with Crippen LogP contribution in [-0.2, 0) is 9.59 Å². The van der Waals surface area contributed by atoms with Gasteiger partial charge < -0.3 is 19.6 Å². The Morgan fingerprint density at radius 1 is 1.33 bits per heavy atom. The van der Waals surface area contributed by atoms with Gasteiger partial charge in [0.2, 0.25) is 11.8 Å². The third-order valence-electron chi connectivity index (χ3n) is 3.77. The summed E-state index contributed by atoms with van der Waals surface area (Å²) >= 11 is 0. The minimum atomic E-state index is -0.515. The lowest BCUT2D eigenvalue weighted by Gasteiger charge is -2.41. The zero-order chi connectivity index (χ0) is 15.4. The average molecular weight is 292 g/mol. The molecule has 6 nitrogen and oxygen atoms in total. The molecule has 0 radical (unpaired) electrons. The van der Waals surface area contributed by atoms with E-state index in [1.165, 1.54) is 6.92 Å². The van der Waals surface area contributed by atoms with Crippen molar-refractivity contribution >= 4 is 11.8 Å². The molecule has 1 saturated heterocycles. The molecule has 0 spiro atoms. The largest absolute Gasteiger partial charge is 0.496 e. The third kappa shape index (κ3) is 3.16. The first-order valence-corrected chi connectivity index (χ1v) is 6.87. The van der Waals surface area contributed by atoms with E-state index in [1.807, 2.05) is 24.3 Å². The normalized spacial score (nSPS) is 18.5. The van der Waals surface area contributed by atoms with Crippen molar-refractivity contribution in [2.75, 3.05) is 33.4 Å². The van der Waals surface area contributed by atoms with Crippen LogP contribution in [0.4, 0.5) is 0 Å². The summed E-state index contributed by atoms with van der Waals surface area (Å²) in [6, 6.07) is 7.21. The number of carbonyl (C=O) groups excluding carboxylic acids is 2. The van der Waals surface area contributed by atoms with Crippen LogP contribution in [0.3, 0.4) is 0 Å². The number of rotatable bonds is 3. The van der Waals surface area contributed by atoms with Gasteiger partial charge in [0.05, 0.1) is 13.2 Å². The van der Waals surface area contributed by atoms with E-state index < -0.39 is 6.61 Å². The Morgan fingerprint density at radius 3 is 2.67 bits per heavy atom. The van der Waals surface area contributed by atoms with Crippen LogP contribution in [0, 0.1) is 0 Å². The molecule has 1 N–H and O–H groups in total. The number of piperazine rings is 1. The number of hydrogen-bond acceptors (Lipinski definition) is 4. The highest BCUT2D eigenvalue weighted by molar-refractivity contribution is 5.78. The molecule has 0 aliphatic carbocycles. The van der Waals surface area contributed by atoms with Crippen molar-refractivity contribution in [3.8, 4) is 5.75 Å². The van der Waals surface area contributed by atoms with Gasteiger partial charge in [0.1, 0.15) is 12.4 Å².